The minimum Gasteiger partial charge on any atom is -0.370 e. The van der Waals surface area contributed by atoms with Gasteiger partial charge in [-0.1, -0.05) is 6.07 Å². The monoisotopic (exact) mass is 874 g/mol. The van der Waals surface area contributed by atoms with Crippen molar-refractivity contribution >= 4 is 47.3 Å². The van der Waals surface area contributed by atoms with Crippen molar-refractivity contribution in [3.8, 4) is 0 Å². The third-order valence-electron chi connectivity index (χ3n) is 13.4. The van der Waals surface area contributed by atoms with E-state index in [2.05, 4.69) is 27.5 Å². The fraction of sp³-hybridized carbons (Fsp3) is 0.478. The summed E-state index contributed by atoms with van der Waals surface area (Å²) < 4.78 is 58.8. The number of nitrogens with zero attached hydrogens (tertiary/aromatic N) is 6. The minimum absolute atomic E-state index is 0.114. The molecule has 4 aromatic rings. The zero-order valence-corrected chi connectivity index (χ0v) is 36.0. The molecule has 4 aliphatic rings. The van der Waals surface area contributed by atoms with E-state index in [1.807, 2.05) is 16.7 Å². The van der Waals surface area contributed by atoms with E-state index in [1.165, 1.54) is 36.0 Å². The van der Waals surface area contributed by atoms with Crippen LogP contribution in [0.5, 0.6) is 0 Å². The van der Waals surface area contributed by atoms with Gasteiger partial charge in [-0.15, -0.1) is 0 Å². The Morgan fingerprint density at radius 3 is 2.33 bits per heavy atom. The molecule has 3 aromatic carbocycles. The number of aromatic amines is 1. The summed E-state index contributed by atoms with van der Waals surface area (Å²) >= 11 is 0. The number of fused-ring (bicyclic) bond motifs is 4. The molecule has 2 fully saturated rings. The number of halogens is 4. The number of aldehydes is 3. The number of piperidine rings is 1. The van der Waals surface area contributed by atoms with Gasteiger partial charge in [-0.3, -0.25) is 29.3 Å². The quantitative estimate of drug-likeness (QED) is 0.137. The Morgan fingerprint density at radius 2 is 1.71 bits per heavy atom. The molecule has 63 heavy (non-hydrogen) atoms. The van der Waals surface area contributed by atoms with Gasteiger partial charge in [0.15, 0.2) is 6.29 Å². The maximum absolute atomic E-state index is 15.8. The number of nitrogens with one attached hydrogen (secondary N) is 2. The fourth-order valence-electron chi connectivity index (χ4n) is 9.71. The molecule has 336 valence electrons. The van der Waals surface area contributed by atoms with E-state index in [1.54, 1.807) is 30.5 Å². The number of hydrogen-bond donors (Lipinski definition) is 2. The van der Waals surface area contributed by atoms with Crippen LogP contribution in [-0.2, 0) is 33.9 Å². The minimum atomic E-state index is -2.62. The molecule has 4 aliphatic heterocycles. The van der Waals surface area contributed by atoms with E-state index >= 15 is 8.78 Å². The summed E-state index contributed by atoms with van der Waals surface area (Å²) in [7, 11) is 5.10. The van der Waals surface area contributed by atoms with Gasteiger partial charge in [0.25, 0.3) is 12.3 Å². The summed E-state index contributed by atoms with van der Waals surface area (Å²) in [5, 5.41) is 10.4. The molecule has 17 heteroatoms. The third-order valence-corrected chi connectivity index (χ3v) is 13.4. The number of aromatic nitrogens is 2. The molecule has 3 atom stereocenters. The molecule has 0 bridgehead atoms. The third kappa shape index (κ3) is 9.41. The molecule has 13 nitrogen and oxygen atoms in total. The normalized spacial score (nSPS) is 20.0. The van der Waals surface area contributed by atoms with Gasteiger partial charge >= 0.3 is 0 Å². The molecule has 2 saturated heterocycles. The average Bonchev–Trinajstić information content (AvgIpc) is 3.90. The summed E-state index contributed by atoms with van der Waals surface area (Å²) in [5.41, 5.74) is 5.20. The van der Waals surface area contributed by atoms with Crippen LogP contribution in [0.2, 0.25) is 0 Å². The van der Waals surface area contributed by atoms with Crippen molar-refractivity contribution in [1.82, 2.24) is 35.1 Å². The summed E-state index contributed by atoms with van der Waals surface area (Å²) in [6, 6.07) is 7.64. The van der Waals surface area contributed by atoms with Crippen molar-refractivity contribution in [2.24, 2.45) is 5.41 Å². The number of alkyl halides is 2. The molecule has 2 amide bonds. The lowest BCUT2D eigenvalue weighted by Gasteiger charge is -2.54. The second kappa shape index (κ2) is 19.1. The molecular formula is C46H54F4N8O5. The van der Waals surface area contributed by atoms with Crippen molar-refractivity contribution in [3.05, 3.63) is 93.2 Å². The number of rotatable bonds is 13. The highest BCUT2D eigenvalue weighted by atomic mass is 19.3. The maximum atomic E-state index is 15.8. The summed E-state index contributed by atoms with van der Waals surface area (Å²) in [5.74, 6) is -2.05. The Bertz CT molecular complexity index is 2340. The number of hydrogen-bond acceptors (Lipinski definition) is 10. The number of anilines is 1. The maximum Gasteiger partial charge on any atom is 0.254 e. The number of carbonyl (C=O) groups is 5. The van der Waals surface area contributed by atoms with Crippen molar-refractivity contribution in [1.29, 1.82) is 0 Å². The molecule has 0 aliphatic carbocycles. The van der Waals surface area contributed by atoms with Crippen LogP contribution in [0.25, 0.3) is 10.9 Å². The number of benzene rings is 3. The zero-order valence-electron chi connectivity index (χ0n) is 36.0. The highest BCUT2D eigenvalue weighted by molar-refractivity contribution is 6.02. The van der Waals surface area contributed by atoms with Gasteiger partial charge in [-0.2, -0.15) is 5.10 Å². The van der Waals surface area contributed by atoms with Gasteiger partial charge < -0.3 is 29.6 Å². The second-order valence-electron chi connectivity index (χ2n) is 17.5. The number of amides is 2. The van der Waals surface area contributed by atoms with Crippen LogP contribution < -0.4 is 10.2 Å². The van der Waals surface area contributed by atoms with Crippen molar-refractivity contribution in [2.45, 2.75) is 76.7 Å². The number of likely N-dealkylation sites (tertiary alicyclic amines) is 1. The molecular weight excluding hydrogens is 821 g/mol. The zero-order chi connectivity index (χ0) is 45.2. The van der Waals surface area contributed by atoms with Crippen LogP contribution >= 0.6 is 0 Å². The lowest BCUT2D eigenvalue weighted by Crippen LogP contribution is -2.60. The number of H-pyrrole nitrogens is 1. The highest BCUT2D eigenvalue weighted by Gasteiger charge is 2.45. The summed E-state index contributed by atoms with van der Waals surface area (Å²) in [4.78, 5) is 66.9. The molecule has 0 radical (unpaired) electrons. The molecule has 2 N–H and O–H groups in total. The van der Waals surface area contributed by atoms with Crippen LogP contribution in [0, 0.1) is 17.0 Å². The largest absolute Gasteiger partial charge is 0.370 e. The Labute approximate surface area is 363 Å². The Morgan fingerprint density at radius 1 is 1.03 bits per heavy atom. The van der Waals surface area contributed by atoms with Crippen molar-refractivity contribution in [3.63, 3.8) is 0 Å². The van der Waals surface area contributed by atoms with E-state index in [9.17, 15) is 32.8 Å². The smallest absolute Gasteiger partial charge is 0.254 e. The van der Waals surface area contributed by atoms with Crippen LogP contribution in [0.15, 0.2) is 42.6 Å². The van der Waals surface area contributed by atoms with Gasteiger partial charge in [0.1, 0.15) is 24.2 Å². The molecule has 1 aromatic heterocycles. The molecule has 5 heterocycles. The lowest BCUT2D eigenvalue weighted by atomic mass is 9.72. The van der Waals surface area contributed by atoms with E-state index < -0.39 is 42.6 Å². The van der Waals surface area contributed by atoms with E-state index in [4.69, 9.17) is 0 Å². The van der Waals surface area contributed by atoms with Crippen LogP contribution in [0.4, 0.5) is 23.2 Å². The van der Waals surface area contributed by atoms with E-state index in [0.29, 0.717) is 43.3 Å². The first-order valence-electron chi connectivity index (χ1n) is 21.3. The fourth-order valence-corrected chi connectivity index (χ4v) is 9.71. The first-order valence-corrected chi connectivity index (χ1v) is 21.3. The predicted molar refractivity (Wildman–Crippen MR) is 229 cm³/mol. The molecule has 1 spiro atoms. The standard InChI is InChI=1S/C27H31F4N5.C19H23N3O5/c1-16-9-19-18(3-4-23-20(19)12-32-33-23)26(36(16)13-24(30)31)25-21(28)10-17(11-22(25)29)35-14-27(15-35)5-7-34(2)8-6-27;1-20-18(26)4-3-16(12-25)21(2)19(27)17-8-14-10-22(5-6-23)9-13(14)7-15(17)11-24/h3-4,10-12,16,24,26H,5-9,13-15H2,1-2H3,(H,32,33);6-8,11-12,16H,3-5,9-10H2,1-2H3,(H,20,26)/t16-,26?;/m1./s1. The Kier molecular flexibility index (Phi) is 13.8. The van der Waals surface area contributed by atoms with E-state index in [0.717, 1.165) is 72.9 Å². The van der Waals surface area contributed by atoms with Gasteiger partial charge in [-0.25, -0.2) is 17.6 Å². The highest BCUT2D eigenvalue weighted by Crippen LogP contribution is 2.46. The molecule has 2 unspecified atom stereocenters. The van der Waals surface area contributed by atoms with Gasteiger partial charge in [-0.05, 0) is 105 Å². The van der Waals surface area contributed by atoms with Gasteiger partial charge in [0.05, 0.1) is 42.5 Å². The lowest BCUT2D eigenvalue weighted by molar-refractivity contribution is -0.121. The number of carbonyl (C=O) groups excluding carboxylic acids is 5. The Balaban J connectivity index is 0.000000198. The van der Waals surface area contributed by atoms with Crippen molar-refractivity contribution in [2.75, 3.05) is 65.3 Å². The summed E-state index contributed by atoms with van der Waals surface area (Å²) in [6.45, 7) is 6.28. The van der Waals surface area contributed by atoms with Crippen molar-refractivity contribution < 1.29 is 41.5 Å². The average molecular weight is 875 g/mol. The molecule has 0 saturated carbocycles. The number of likely N-dealkylation sites (N-methyl/N-ethyl adjacent to an activating group) is 1. The predicted octanol–water partition coefficient (Wildman–Crippen LogP) is 5.15. The topological polar surface area (TPSA) is 142 Å². The van der Waals surface area contributed by atoms with Crippen LogP contribution in [0.3, 0.4) is 0 Å². The second-order valence-corrected chi connectivity index (χ2v) is 17.5. The molecule has 8 rings (SSSR count). The van der Waals surface area contributed by atoms with E-state index in [-0.39, 0.29) is 53.4 Å². The van der Waals surface area contributed by atoms with Gasteiger partial charge in [0, 0.05) is 80.4 Å². The van der Waals surface area contributed by atoms with Crippen LogP contribution in [0.1, 0.15) is 87.2 Å². The van der Waals surface area contributed by atoms with Crippen LogP contribution in [-0.4, -0.2) is 139 Å². The first kappa shape index (κ1) is 45.5. The first-order chi connectivity index (χ1) is 30.2. The SMILES string of the molecule is CNC(=O)CCC(C=O)N(C)C(=O)c1cc2c(cc1C=O)CN(CC=O)C2.C[C@@H]1Cc2c(ccc3[nH]ncc23)C(c2c(F)cc(N3CC4(CCN(C)CC4)C3)cc2F)N1CC(F)F. The Hall–Kier alpha value is -5.52. The summed E-state index contributed by atoms with van der Waals surface area (Å²) in [6.07, 6.45) is 4.11. The van der Waals surface area contributed by atoms with Gasteiger partial charge in [0.2, 0.25) is 5.91 Å².